The van der Waals surface area contributed by atoms with Crippen LogP contribution in [0.3, 0.4) is 0 Å². The van der Waals surface area contributed by atoms with E-state index in [0.29, 0.717) is 25.9 Å². The summed E-state index contributed by atoms with van der Waals surface area (Å²) >= 11 is 0. The number of allylic oxidation sites excluding steroid dienone is 2. The first-order valence-corrected chi connectivity index (χ1v) is 42.9. The summed E-state index contributed by atoms with van der Waals surface area (Å²) in [6.07, 6.45) is 105. The fourth-order valence-corrected chi connectivity index (χ4v) is 14.1. The SMILES string of the molecule is CCCCCCCCCCCCCCCCCCCCCCCCCCC(O)C(CO)NC(=O)CCCCCCCCCCCCCCCCCCC/C=C\CCCCCCCCCCCCCCOC(=O)CCCCCCCCCCCCCCCCCCCC. The molecule has 0 bridgehead atoms. The number of unbranched alkanes of at least 4 members (excludes halogenated alkanes) is 69. The Morgan fingerprint density at radius 2 is 0.511 bits per heavy atom. The maximum absolute atomic E-state index is 12.6. The van der Waals surface area contributed by atoms with Crippen LogP contribution in [0.15, 0.2) is 12.2 Å². The third-order valence-corrected chi connectivity index (χ3v) is 20.6. The second-order valence-corrected chi connectivity index (χ2v) is 29.9. The van der Waals surface area contributed by atoms with Gasteiger partial charge in [0.15, 0.2) is 0 Å². The summed E-state index contributed by atoms with van der Waals surface area (Å²) in [5, 5.41) is 23.5. The molecule has 0 aliphatic rings. The third-order valence-electron chi connectivity index (χ3n) is 20.6. The number of rotatable bonds is 82. The van der Waals surface area contributed by atoms with Gasteiger partial charge in [0, 0.05) is 12.8 Å². The van der Waals surface area contributed by atoms with Gasteiger partial charge in [0.2, 0.25) is 5.91 Å². The lowest BCUT2D eigenvalue weighted by Crippen LogP contribution is -2.45. The Kier molecular flexibility index (Phi) is 80.8. The fraction of sp³-hybridized carbons (Fsp3) is 0.953. The molecule has 3 N–H and O–H groups in total. The van der Waals surface area contributed by atoms with Gasteiger partial charge in [-0.05, 0) is 51.4 Å². The summed E-state index contributed by atoms with van der Waals surface area (Å²) < 4.78 is 5.52. The van der Waals surface area contributed by atoms with E-state index < -0.39 is 12.1 Å². The number of aliphatic hydroxyl groups is 2. The minimum absolute atomic E-state index is 0.0247. The van der Waals surface area contributed by atoms with Gasteiger partial charge in [-0.1, -0.05) is 450 Å². The van der Waals surface area contributed by atoms with Crippen LogP contribution in [0.5, 0.6) is 0 Å². The second-order valence-electron chi connectivity index (χ2n) is 29.9. The van der Waals surface area contributed by atoms with Crippen molar-refractivity contribution in [2.24, 2.45) is 0 Å². The summed E-state index contributed by atoms with van der Waals surface area (Å²) in [5.74, 6) is -0.000587. The Morgan fingerprint density at radius 1 is 0.293 bits per heavy atom. The molecule has 92 heavy (non-hydrogen) atoms. The zero-order valence-electron chi connectivity index (χ0n) is 63.1. The zero-order chi connectivity index (χ0) is 66.3. The summed E-state index contributed by atoms with van der Waals surface area (Å²) in [7, 11) is 0. The van der Waals surface area contributed by atoms with E-state index in [4.69, 9.17) is 4.74 Å². The quantitative estimate of drug-likeness (QED) is 0.0320. The van der Waals surface area contributed by atoms with Crippen LogP contribution in [0.2, 0.25) is 0 Å². The monoisotopic (exact) mass is 1300 g/mol. The van der Waals surface area contributed by atoms with Gasteiger partial charge in [0.1, 0.15) is 0 Å². The van der Waals surface area contributed by atoms with Gasteiger partial charge in [-0.2, -0.15) is 0 Å². The van der Waals surface area contributed by atoms with Crippen molar-refractivity contribution in [3.05, 3.63) is 12.2 Å². The summed E-state index contributed by atoms with van der Waals surface area (Å²) in [6.45, 7) is 5.02. The first-order valence-electron chi connectivity index (χ1n) is 42.9. The number of aliphatic hydroxyl groups excluding tert-OH is 2. The van der Waals surface area contributed by atoms with E-state index in [1.165, 1.54) is 430 Å². The van der Waals surface area contributed by atoms with E-state index in [9.17, 15) is 19.8 Å². The van der Waals surface area contributed by atoms with Gasteiger partial charge >= 0.3 is 5.97 Å². The van der Waals surface area contributed by atoms with Crippen LogP contribution in [0, 0.1) is 0 Å². The maximum atomic E-state index is 12.6. The van der Waals surface area contributed by atoms with Crippen LogP contribution in [-0.2, 0) is 14.3 Å². The van der Waals surface area contributed by atoms with Crippen LogP contribution < -0.4 is 5.32 Å². The second kappa shape index (κ2) is 82.0. The minimum atomic E-state index is -0.663. The predicted octanol–water partition coefficient (Wildman–Crippen LogP) is 28.6. The molecule has 2 unspecified atom stereocenters. The van der Waals surface area contributed by atoms with Crippen molar-refractivity contribution in [3.8, 4) is 0 Å². The van der Waals surface area contributed by atoms with E-state index in [1.807, 2.05) is 0 Å². The van der Waals surface area contributed by atoms with Crippen LogP contribution in [-0.4, -0.2) is 47.4 Å². The molecule has 0 aromatic heterocycles. The van der Waals surface area contributed by atoms with Gasteiger partial charge in [-0.3, -0.25) is 9.59 Å². The van der Waals surface area contributed by atoms with Crippen molar-refractivity contribution in [1.29, 1.82) is 0 Å². The first-order chi connectivity index (χ1) is 45.5. The third kappa shape index (κ3) is 77.6. The minimum Gasteiger partial charge on any atom is -0.466 e. The molecule has 2 atom stereocenters. The molecule has 6 heteroatoms. The molecule has 0 aromatic carbocycles. The number of nitrogens with one attached hydrogen (secondary N) is 1. The van der Waals surface area contributed by atoms with Gasteiger partial charge in [0.25, 0.3) is 0 Å². The molecule has 0 fully saturated rings. The van der Waals surface area contributed by atoms with Crippen molar-refractivity contribution >= 4 is 11.9 Å². The number of carbonyl (C=O) groups is 2. The Hall–Kier alpha value is -1.40. The van der Waals surface area contributed by atoms with Gasteiger partial charge < -0.3 is 20.3 Å². The Balaban J connectivity index is 3.33. The zero-order valence-corrected chi connectivity index (χ0v) is 63.1. The molecule has 0 aromatic rings. The average Bonchev–Trinajstić information content (AvgIpc) is 3.77. The molecule has 0 radical (unpaired) electrons. The lowest BCUT2D eigenvalue weighted by molar-refractivity contribution is -0.143. The molecule has 1 amide bonds. The van der Waals surface area contributed by atoms with Crippen LogP contribution >= 0.6 is 0 Å². The summed E-state index contributed by atoms with van der Waals surface area (Å²) in [5.41, 5.74) is 0. The predicted molar refractivity (Wildman–Crippen MR) is 407 cm³/mol. The van der Waals surface area contributed by atoms with Crippen LogP contribution in [0.1, 0.15) is 502 Å². The molecule has 6 nitrogen and oxygen atoms in total. The Bertz CT molecular complexity index is 1400. The molecule has 548 valence electrons. The molecule has 0 saturated carbocycles. The number of carbonyl (C=O) groups excluding carboxylic acids is 2. The molecule has 0 spiro atoms. The van der Waals surface area contributed by atoms with Crippen molar-refractivity contribution in [2.75, 3.05) is 13.2 Å². The topological polar surface area (TPSA) is 95.9 Å². The van der Waals surface area contributed by atoms with Crippen molar-refractivity contribution in [1.82, 2.24) is 5.32 Å². The van der Waals surface area contributed by atoms with E-state index in [2.05, 4.69) is 31.3 Å². The van der Waals surface area contributed by atoms with E-state index in [1.54, 1.807) is 0 Å². The van der Waals surface area contributed by atoms with Crippen LogP contribution in [0.4, 0.5) is 0 Å². The normalized spacial score (nSPS) is 12.4. The first kappa shape index (κ1) is 90.6. The number of hydrogen-bond acceptors (Lipinski definition) is 5. The molecular formula is C86H169NO5. The van der Waals surface area contributed by atoms with E-state index in [0.717, 1.165) is 38.5 Å². The highest BCUT2D eigenvalue weighted by atomic mass is 16.5. The van der Waals surface area contributed by atoms with Crippen molar-refractivity contribution in [3.63, 3.8) is 0 Å². The van der Waals surface area contributed by atoms with Gasteiger partial charge in [-0.15, -0.1) is 0 Å². The van der Waals surface area contributed by atoms with Crippen molar-refractivity contribution < 1.29 is 24.5 Å². The largest absolute Gasteiger partial charge is 0.466 e. The summed E-state index contributed by atoms with van der Waals surface area (Å²) in [6, 6.07) is -0.540. The fourth-order valence-electron chi connectivity index (χ4n) is 14.1. The van der Waals surface area contributed by atoms with Crippen LogP contribution in [0.25, 0.3) is 0 Å². The highest BCUT2D eigenvalue weighted by Crippen LogP contribution is 2.21. The summed E-state index contributed by atoms with van der Waals surface area (Å²) in [4.78, 5) is 24.7. The van der Waals surface area contributed by atoms with E-state index in [-0.39, 0.29) is 18.5 Å². The standard InChI is InChI=1S/C86H169NO5/c1-3-5-7-9-11-13-15-17-19-21-23-24-25-37-40-43-46-50-54-58-62-66-70-74-78-84(89)83(82-88)87-85(90)79-75-71-67-63-59-55-51-47-44-41-38-35-33-31-29-27-26-28-30-32-34-36-39-42-45-49-53-57-61-65-69-73-77-81-92-86(91)80-76-72-68-64-60-56-52-48-22-20-18-16-14-12-10-8-6-4-2/h30,32,83-84,88-89H,3-29,31,33-82H2,1-2H3,(H,87,90)/b32-30-. The Morgan fingerprint density at radius 3 is 0.772 bits per heavy atom. The average molecular weight is 1300 g/mol. The molecule has 0 aliphatic carbocycles. The van der Waals surface area contributed by atoms with Crippen molar-refractivity contribution in [2.45, 2.75) is 514 Å². The molecule has 0 heterocycles. The number of hydrogen-bond donors (Lipinski definition) is 3. The van der Waals surface area contributed by atoms with Gasteiger partial charge in [-0.25, -0.2) is 0 Å². The Labute approximate surface area is 578 Å². The number of amides is 1. The highest BCUT2D eigenvalue weighted by molar-refractivity contribution is 5.76. The maximum Gasteiger partial charge on any atom is 0.305 e. The highest BCUT2D eigenvalue weighted by Gasteiger charge is 2.20. The number of ether oxygens (including phenoxy) is 1. The smallest absolute Gasteiger partial charge is 0.305 e. The molecular weight excluding hydrogens is 1130 g/mol. The molecule has 0 saturated heterocycles. The lowest BCUT2D eigenvalue weighted by atomic mass is 10.0. The molecule has 0 rings (SSSR count). The lowest BCUT2D eigenvalue weighted by Gasteiger charge is -2.22. The number of esters is 1. The molecule has 0 aliphatic heterocycles. The van der Waals surface area contributed by atoms with E-state index >= 15 is 0 Å². The van der Waals surface area contributed by atoms with Gasteiger partial charge in [0.05, 0.1) is 25.4 Å².